The molecule has 1 rings (SSSR count). The molecule has 0 saturated carbocycles. The molecule has 4 heteroatoms. The predicted octanol–water partition coefficient (Wildman–Crippen LogP) is 3.71. The van der Waals surface area contributed by atoms with E-state index in [9.17, 15) is 0 Å². The summed E-state index contributed by atoms with van der Waals surface area (Å²) < 4.78 is 0.992. The highest BCUT2D eigenvalue weighted by molar-refractivity contribution is 9.10. The molecular formula is C14H24BrN3. The molecule has 0 saturated heterocycles. The number of hydrogen-bond donors (Lipinski definition) is 1. The van der Waals surface area contributed by atoms with Gasteiger partial charge in [0, 0.05) is 35.4 Å². The molecule has 1 aromatic heterocycles. The molecule has 3 nitrogen and oxygen atoms in total. The first kappa shape index (κ1) is 15.4. The maximum Gasteiger partial charge on any atom is 0.133 e. The molecule has 2 N–H and O–H groups in total. The molecule has 0 fully saturated rings. The highest BCUT2D eigenvalue weighted by Crippen LogP contribution is 2.24. The van der Waals surface area contributed by atoms with Crippen molar-refractivity contribution in [1.29, 1.82) is 0 Å². The van der Waals surface area contributed by atoms with E-state index in [4.69, 9.17) is 5.73 Å². The number of nitrogens with two attached hydrogens (primary N) is 1. The van der Waals surface area contributed by atoms with Crippen molar-refractivity contribution < 1.29 is 0 Å². The lowest BCUT2D eigenvalue weighted by atomic mass is 10.1. The topological polar surface area (TPSA) is 42.2 Å². The monoisotopic (exact) mass is 313 g/mol. The second-order valence-electron chi connectivity index (χ2n) is 4.64. The van der Waals surface area contributed by atoms with Gasteiger partial charge in [0.25, 0.3) is 0 Å². The Balaban J connectivity index is 3.03. The zero-order valence-electron chi connectivity index (χ0n) is 11.6. The Labute approximate surface area is 119 Å². The summed E-state index contributed by atoms with van der Waals surface area (Å²) in [5.74, 6) is 1.04. The van der Waals surface area contributed by atoms with Crippen molar-refractivity contribution >= 4 is 21.7 Å². The van der Waals surface area contributed by atoms with Crippen molar-refractivity contribution in [1.82, 2.24) is 4.98 Å². The van der Waals surface area contributed by atoms with Gasteiger partial charge in [-0.2, -0.15) is 0 Å². The standard InChI is InChI=1S/C14H24BrN3/c1-4-6-7-18(11(3)5-2)14-12(9-16)8-13(15)10-17-14/h8,10-11H,4-7,9,16H2,1-3H3. The normalized spacial score (nSPS) is 12.5. The minimum Gasteiger partial charge on any atom is -0.354 e. The highest BCUT2D eigenvalue weighted by atomic mass is 79.9. The van der Waals surface area contributed by atoms with E-state index in [2.05, 4.69) is 52.7 Å². The molecule has 18 heavy (non-hydrogen) atoms. The number of anilines is 1. The smallest absolute Gasteiger partial charge is 0.133 e. The summed E-state index contributed by atoms with van der Waals surface area (Å²) in [7, 11) is 0. The van der Waals surface area contributed by atoms with Crippen molar-refractivity contribution in [2.24, 2.45) is 5.73 Å². The molecule has 0 amide bonds. The van der Waals surface area contributed by atoms with E-state index in [0.29, 0.717) is 12.6 Å². The average Bonchev–Trinajstić information content (AvgIpc) is 2.39. The maximum atomic E-state index is 5.84. The number of halogens is 1. The zero-order valence-corrected chi connectivity index (χ0v) is 13.2. The molecule has 1 aromatic rings. The number of pyridine rings is 1. The van der Waals surface area contributed by atoms with Crippen LogP contribution in [-0.4, -0.2) is 17.6 Å². The van der Waals surface area contributed by atoms with Crippen molar-refractivity contribution in [3.63, 3.8) is 0 Å². The van der Waals surface area contributed by atoms with Gasteiger partial charge in [0.15, 0.2) is 0 Å². The molecule has 1 unspecified atom stereocenters. The summed E-state index contributed by atoms with van der Waals surface area (Å²) in [5, 5.41) is 0. The lowest BCUT2D eigenvalue weighted by Crippen LogP contribution is -2.35. The Bertz CT molecular complexity index is 368. The fourth-order valence-electron chi connectivity index (χ4n) is 1.97. The SMILES string of the molecule is CCCCN(c1ncc(Br)cc1CN)C(C)CC. The van der Waals surface area contributed by atoms with E-state index in [-0.39, 0.29) is 0 Å². The molecule has 0 aliphatic rings. The van der Waals surface area contributed by atoms with Gasteiger partial charge in [0.1, 0.15) is 5.82 Å². The van der Waals surface area contributed by atoms with Crippen LogP contribution in [0.1, 0.15) is 45.6 Å². The Morgan fingerprint density at radius 2 is 2.17 bits per heavy atom. The zero-order chi connectivity index (χ0) is 13.5. The maximum absolute atomic E-state index is 5.84. The molecule has 102 valence electrons. The summed E-state index contributed by atoms with van der Waals surface area (Å²) in [4.78, 5) is 6.96. The van der Waals surface area contributed by atoms with Crippen LogP contribution in [0.25, 0.3) is 0 Å². The van der Waals surface area contributed by atoms with E-state index in [1.807, 2.05) is 6.20 Å². The summed E-state index contributed by atoms with van der Waals surface area (Å²) in [5.41, 5.74) is 6.95. The van der Waals surface area contributed by atoms with Gasteiger partial charge < -0.3 is 10.6 Å². The van der Waals surface area contributed by atoms with Crippen LogP contribution < -0.4 is 10.6 Å². The van der Waals surface area contributed by atoms with Crippen LogP contribution in [0.5, 0.6) is 0 Å². The average molecular weight is 314 g/mol. The Kier molecular flexibility index (Phi) is 6.65. The first-order chi connectivity index (χ1) is 8.63. The van der Waals surface area contributed by atoms with Crippen molar-refractivity contribution in [3.05, 3.63) is 22.3 Å². The Morgan fingerprint density at radius 3 is 2.72 bits per heavy atom. The summed E-state index contributed by atoms with van der Waals surface area (Å²) in [6.45, 7) is 8.26. The Morgan fingerprint density at radius 1 is 1.44 bits per heavy atom. The minimum absolute atomic E-state index is 0.496. The number of rotatable bonds is 7. The van der Waals surface area contributed by atoms with Crippen molar-refractivity contribution in [2.45, 2.75) is 52.6 Å². The van der Waals surface area contributed by atoms with Crippen LogP contribution in [0.3, 0.4) is 0 Å². The van der Waals surface area contributed by atoms with Gasteiger partial charge in [-0.3, -0.25) is 0 Å². The first-order valence-corrected chi connectivity index (χ1v) is 7.54. The quantitative estimate of drug-likeness (QED) is 0.834. The predicted molar refractivity (Wildman–Crippen MR) is 81.8 cm³/mol. The molecule has 0 aromatic carbocycles. The number of nitrogens with zero attached hydrogens (tertiary/aromatic N) is 2. The number of aromatic nitrogens is 1. The second-order valence-corrected chi connectivity index (χ2v) is 5.56. The molecule has 1 atom stereocenters. The fourth-order valence-corrected chi connectivity index (χ4v) is 2.35. The van der Waals surface area contributed by atoms with Crippen LogP contribution in [0.2, 0.25) is 0 Å². The third-order valence-electron chi connectivity index (χ3n) is 3.28. The Hall–Kier alpha value is -0.610. The number of unbranched alkanes of at least 4 members (excludes halogenated alkanes) is 1. The highest BCUT2D eigenvalue weighted by Gasteiger charge is 2.17. The minimum atomic E-state index is 0.496. The van der Waals surface area contributed by atoms with E-state index >= 15 is 0 Å². The van der Waals surface area contributed by atoms with Crippen molar-refractivity contribution in [3.8, 4) is 0 Å². The van der Waals surface area contributed by atoms with E-state index in [1.165, 1.54) is 12.8 Å². The van der Waals surface area contributed by atoms with Gasteiger partial charge in [0.2, 0.25) is 0 Å². The summed E-state index contributed by atoms with van der Waals surface area (Å²) in [6.07, 6.45) is 5.36. The van der Waals surface area contributed by atoms with Crippen LogP contribution in [-0.2, 0) is 6.54 Å². The first-order valence-electron chi connectivity index (χ1n) is 6.75. The molecule has 0 bridgehead atoms. The van der Waals surface area contributed by atoms with E-state index in [1.54, 1.807) is 0 Å². The molecular weight excluding hydrogens is 290 g/mol. The lowest BCUT2D eigenvalue weighted by molar-refractivity contribution is 0.587. The van der Waals surface area contributed by atoms with Gasteiger partial charge in [-0.15, -0.1) is 0 Å². The molecule has 0 radical (unpaired) electrons. The van der Waals surface area contributed by atoms with Gasteiger partial charge in [-0.05, 0) is 41.8 Å². The molecule has 0 aliphatic heterocycles. The van der Waals surface area contributed by atoms with Crippen LogP contribution >= 0.6 is 15.9 Å². The van der Waals surface area contributed by atoms with Gasteiger partial charge in [0.05, 0.1) is 0 Å². The molecule has 1 heterocycles. The van der Waals surface area contributed by atoms with E-state index in [0.717, 1.165) is 28.8 Å². The second kappa shape index (κ2) is 7.74. The van der Waals surface area contributed by atoms with Crippen LogP contribution in [0.4, 0.5) is 5.82 Å². The van der Waals surface area contributed by atoms with Crippen LogP contribution in [0.15, 0.2) is 16.7 Å². The molecule has 0 aliphatic carbocycles. The third kappa shape index (κ3) is 3.95. The van der Waals surface area contributed by atoms with Gasteiger partial charge in [-0.1, -0.05) is 20.3 Å². The fraction of sp³-hybridized carbons (Fsp3) is 0.643. The van der Waals surface area contributed by atoms with Gasteiger partial charge in [-0.25, -0.2) is 4.98 Å². The summed E-state index contributed by atoms with van der Waals surface area (Å²) in [6, 6.07) is 2.57. The van der Waals surface area contributed by atoms with Crippen LogP contribution in [0, 0.1) is 0 Å². The lowest BCUT2D eigenvalue weighted by Gasteiger charge is -2.31. The third-order valence-corrected chi connectivity index (χ3v) is 3.71. The van der Waals surface area contributed by atoms with E-state index < -0.39 is 0 Å². The number of hydrogen-bond acceptors (Lipinski definition) is 3. The van der Waals surface area contributed by atoms with Gasteiger partial charge >= 0.3 is 0 Å². The molecule has 0 spiro atoms. The summed E-state index contributed by atoms with van der Waals surface area (Å²) >= 11 is 3.46. The largest absolute Gasteiger partial charge is 0.354 e. The van der Waals surface area contributed by atoms with Crippen molar-refractivity contribution in [2.75, 3.05) is 11.4 Å².